The molecule has 8 rings (SSSR count). The second-order valence-corrected chi connectivity index (χ2v) is 23.8. The van der Waals surface area contributed by atoms with Crippen LogP contribution in [0.15, 0.2) is 11.6 Å². The van der Waals surface area contributed by atoms with Crippen LogP contribution in [0, 0.1) is 50.2 Å². The van der Waals surface area contributed by atoms with Gasteiger partial charge in [0.25, 0.3) is 0 Å². The van der Waals surface area contributed by atoms with Crippen molar-refractivity contribution in [1.29, 1.82) is 0 Å². The SMILES string of the molecule is C[C@@H]1O[C@@H](OC2C(O[C@H]3[C@H](O[C@H]4CC[C@@]5(C)C(CC[C@]6(C)C5CC=C5C7CC(C)(C)CC(O)[C@]7(C)CC[C@]56C)C4(C)C)O[C@H](C(=O)O)[C@@H](O)[C@@H]3O)OC(CO)C(O)C2O)[C@H](O)[C@H](O)[C@H]1O. The Kier molecular flexibility index (Phi) is 13.2. The first-order valence-electron chi connectivity index (χ1n) is 24.1. The molecule has 3 heterocycles. The number of aliphatic hydroxyl groups is 9. The van der Waals surface area contributed by atoms with Gasteiger partial charge in [-0.15, -0.1) is 0 Å². The van der Waals surface area contributed by atoms with Crippen molar-refractivity contribution >= 4 is 5.97 Å². The van der Waals surface area contributed by atoms with E-state index in [0.717, 1.165) is 51.4 Å². The van der Waals surface area contributed by atoms with Gasteiger partial charge in [0, 0.05) is 5.41 Å². The van der Waals surface area contributed by atoms with E-state index in [0.29, 0.717) is 18.3 Å². The summed E-state index contributed by atoms with van der Waals surface area (Å²) in [5, 5.41) is 108. The van der Waals surface area contributed by atoms with Gasteiger partial charge in [0.05, 0.1) is 24.9 Å². The molecule has 0 radical (unpaired) electrons. The van der Waals surface area contributed by atoms with E-state index < -0.39 is 116 Å². The van der Waals surface area contributed by atoms with Gasteiger partial charge in [0.2, 0.25) is 0 Å². The van der Waals surface area contributed by atoms with Crippen molar-refractivity contribution in [2.45, 2.75) is 224 Å². The van der Waals surface area contributed by atoms with E-state index in [1.807, 2.05) is 0 Å². The quantitative estimate of drug-likeness (QED) is 0.123. The van der Waals surface area contributed by atoms with E-state index in [4.69, 9.17) is 28.4 Å². The van der Waals surface area contributed by atoms with Gasteiger partial charge in [-0.3, -0.25) is 0 Å². The van der Waals surface area contributed by atoms with E-state index in [1.54, 1.807) is 5.57 Å². The van der Waals surface area contributed by atoms with Gasteiger partial charge in [-0.05, 0) is 110 Å². The van der Waals surface area contributed by atoms with Gasteiger partial charge in [-0.2, -0.15) is 0 Å². The number of ether oxygens (including phenoxy) is 6. The summed E-state index contributed by atoms with van der Waals surface area (Å²) in [6.45, 7) is 19.3. The molecular formula is C48H78O17. The molecule has 9 unspecified atom stereocenters. The Morgan fingerprint density at radius 3 is 1.94 bits per heavy atom. The topological polar surface area (TPSA) is 275 Å². The smallest absolute Gasteiger partial charge is 0.335 e. The minimum absolute atomic E-state index is 0.00181. The lowest BCUT2D eigenvalue weighted by atomic mass is 9.33. The third kappa shape index (κ3) is 7.81. The number of hydrogen-bond donors (Lipinski definition) is 10. The van der Waals surface area contributed by atoms with Gasteiger partial charge in [0.1, 0.15) is 61.0 Å². The normalized spacial score (nSPS) is 55.1. The van der Waals surface area contributed by atoms with E-state index in [-0.39, 0.29) is 39.1 Å². The number of aliphatic hydroxyl groups excluding tert-OH is 9. The summed E-state index contributed by atoms with van der Waals surface area (Å²) >= 11 is 0. The maximum absolute atomic E-state index is 12.5. The van der Waals surface area contributed by atoms with E-state index in [1.165, 1.54) is 6.92 Å². The molecule has 5 aliphatic carbocycles. The number of allylic oxidation sites excluding steroid dienone is 2. The summed E-state index contributed by atoms with van der Waals surface area (Å²) in [6.07, 6.45) is -15.9. The van der Waals surface area contributed by atoms with E-state index in [2.05, 4.69) is 61.5 Å². The lowest BCUT2D eigenvalue weighted by molar-refractivity contribution is -0.395. The molecule has 0 aromatic rings. The Morgan fingerprint density at radius 1 is 0.662 bits per heavy atom. The zero-order chi connectivity index (χ0) is 47.7. The van der Waals surface area contributed by atoms with Crippen LogP contribution >= 0.6 is 0 Å². The van der Waals surface area contributed by atoms with Crippen molar-refractivity contribution in [3.8, 4) is 0 Å². The molecule has 0 bridgehead atoms. The zero-order valence-electron chi connectivity index (χ0n) is 39.5. The first-order valence-corrected chi connectivity index (χ1v) is 24.1. The molecule has 17 heteroatoms. The van der Waals surface area contributed by atoms with E-state index >= 15 is 0 Å². The molecule has 0 aromatic carbocycles. The highest BCUT2D eigenvalue weighted by atomic mass is 16.8. The van der Waals surface area contributed by atoms with Crippen LogP contribution in [0.3, 0.4) is 0 Å². The third-order valence-corrected chi connectivity index (χ3v) is 19.4. The van der Waals surface area contributed by atoms with Crippen molar-refractivity contribution in [3.05, 3.63) is 11.6 Å². The average Bonchev–Trinajstić information content (AvgIpc) is 3.22. The molecule has 24 atom stereocenters. The molecule has 17 nitrogen and oxygen atoms in total. The molecule has 0 spiro atoms. The Labute approximate surface area is 382 Å². The van der Waals surface area contributed by atoms with Gasteiger partial charge in [-0.25, -0.2) is 4.79 Å². The molecule has 10 N–H and O–H groups in total. The molecule has 372 valence electrons. The average molecular weight is 927 g/mol. The Morgan fingerprint density at radius 2 is 1.29 bits per heavy atom. The second kappa shape index (κ2) is 17.2. The molecule has 7 fully saturated rings. The predicted molar refractivity (Wildman–Crippen MR) is 229 cm³/mol. The standard InChI is InChI=1S/C48H78O17/c1-21-29(51)31(53)35(57)40(60-21)64-37-32(54)30(52)24(20-49)61-41(37)65-38-34(56)33(55)36(39(58)59)63-42(38)62-28-13-14-46(7)25(44(28,4)5)12-15-48(9)26(46)11-10-22-23-18-43(2,3)19-27(50)45(23,6)16-17-47(22,48)8/h10,21,23-38,40-42,49-57H,11-20H2,1-9H3,(H,58,59)/t21-,23?,24?,25?,26?,27?,28-,29-,30?,31+,32?,33-,34-,35+,36-,37?,38+,40-,41?,42+,45+,46-,47+,48+/m0/s1. The minimum Gasteiger partial charge on any atom is -0.479 e. The van der Waals surface area contributed by atoms with Crippen LogP contribution < -0.4 is 0 Å². The first kappa shape index (κ1) is 50.0. The number of rotatable bonds is 8. The summed E-state index contributed by atoms with van der Waals surface area (Å²) < 4.78 is 36.4. The lowest BCUT2D eigenvalue weighted by Crippen LogP contribution is -2.68. The van der Waals surface area contributed by atoms with Crippen LogP contribution in [-0.2, 0) is 33.2 Å². The number of carboxylic acid groups (broad SMARTS) is 1. The van der Waals surface area contributed by atoms with Gasteiger partial charge in [-0.1, -0.05) is 67.0 Å². The Bertz CT molecular complexity index is 1790. The zero-order valence-corrected chi connectivity index (χ0v) is 39.5. The van der Waals surface area contributed by atoms with Crippen LogP contribution in [0.4, 0.5) is 0 Å². The molecule has 8 aliphatic rings. The highest BCUT2D eigenvalue weighted by Crippen LogP contribution is 2.76. The van der Waals surface area contributed by atoms with Gasteiger partial charge >= 0.3 is 5.97 Å². The predicted octanol–water partition coefficient (Wildman–Crippen LogP) is 1.73. The number of hydrogen-bond acceptors (Lipinski definition) is 16. The summed E-state index contributed by atoms with van der Waals surface area (Å²) in [5.74, 6) is -0.724. The van der Waals surface area contributed by atoms with Crippen molar-refractivity contribution < 1.29 is 84.3 Å². The van der Waals surface area contributed by atoms with Crippen LogP contribution in [0.5, 0.6) is 0 Å². The largest absolute Gasteiger partial charge is 0.479 e. The maximum Gasteiger partial charge on any atom is 0.335 e. The maximum atomic E-state index is 12.5. The molecule has 0 aromatic heterocycles. The van der Waals surface area contributed by atoms with Crippen molar-refractivity contribution in [1.82, 2.24) is 0 Å². The highest BCUT2D eigenvalue weighted by molar-refractivity contribution is 5.73. The van der Waals surface area contributed by atoms with Gasteiger partial charge in [0.15, 0.2) is 25.0 Å². The monoisotopic (exact) mass is 927 g/mol. The minimum atomic E-state index is -2.02. The number of carboxylic acids is 1. The molecule has 0 amide bonds. The molecule has 3 saturated heterocycles. The van der Waals surface area contributed by atoms with Crippen molar-refractivity contribution in [3.63, 3.8) is 0 Å². The fourth-order valence-electron chi connectivity index (χ4n) is 15.1. The fourth-order valence-corrected chi connectivity index (χ4v) is 15.1. The Hall–Kier alpha value is -1.39. The van der Waals surface area contributed by atoms with Crippen molar-refractivity contribution in [2.24, 2.45) is 50.2 Å². The third-order valence-electron chi connectivity index (χ3n) is 19.4. The van der Waals surface area contributed by atoms with Crippen LogP contribution in [0.1, 0.15) is 120 Å². The number of fused-ring (bicyclic) bond motifs is 7. The van der Waals surface area contributed by atoms with E-state index in [9.17, 15) is 55.9 Å². The van der Waals surface area contributed by atoms with Crippen LogP contribution in [0.25, 0.3) is 0 Å². The summed E-state index contributed by atoms with van der Waals surface area (Å²) in [7, 11) is 0. The lowest BCUT2D eigenvalue weighted by Gasteiger charge is -2.71. The van der Waals surface area contributed by atoms with Gasteiger partial charge < -0.3 is 79.5 Å². The summed E-state index contributed by atoms with van der Waals surface area (Å²) in [5.41, 5.74) is 0.763. The highest BCUT2D eigenvalue weighted by Gasteiger charge is 2.69. The summed E-state index contributed by atoms with van der Waals surface area (Å²) in [4.78, 5) is 12.5. The van der Waals surface area contributed by atoms with Crippen molar-refractivity contribution in [2.75, 3.05) is 6.61 Å². The second-order valence-electron chi connectivity index (χ2n) is 23.8. The number of aliphatic carboxylic acids is 1. The molecule has 65 heavy (non-hydrogen) atoms. The number of carbonyl (C=O) groups is 1. The molecular weight excluding hydrogens is 849 g/mol. The van der Waals surface area contributed by atoms with Crippen LogP contribution in [-0.4, -0.2) is 168 Å². The molecule has 4 saturated carbocycles. The van der Waals surface area contributed by atoms with Crippen LogP contribution in [0.2, 0.25) is 0 Å². The molecule has 3 aliphatic heterocycles. The Balaban J connectivity index is 1.06. The summed E-state index contributed by atoms with van der Waals surface area (Å²) in [6, 6.07) is 0. The fraction of sp³-hybridized carbons (Fsp3) is 0.938. The first-order chi connectivity index (χ1) is 30.2.